The number of hydrogen-bond donors (Lipinski definition) is 0. The second-order valence-corrected chi connectivity index (χ2v) is 47.2. The van der Waals surface area contributed by atoms with Crippen LogP contribution in [0.2, 0.25) is 0 Å². The van der Waals surface area contributed by atoms with Gasteiger partial charge >= 0.3 is 0 Å². The number of nitrogens with zero attached hydrogens (tertiary/aromatic N) is 8. The summed E-state index contributed by atoms with van der Waals surface area (Å²) in [4.78, 5) is 17.5. The van der Waals surface area contributed by atoms with Gasteiger partial charge < -0.3 is 0 Å². The van der Waals surface area contributed by atoms with E-state index in [2.05, 4.69) is 296 Å². The van der Waals surface area contributed by atoms with E-state index >= 15 is 18.3 Å². The number of anilines is 8. The lowest BCUT2D eigenvalue weighted by Crippen LogP contribution is -2.37. The van der Waals surface area contributed by atoms with Gasteiger partial charge in [0.15, 0.2) is 0 Å². The van der Waals surface area contributed by atoms with Gasteiger partial charge in [-0.15, -0.1) is 0 Å². The van der Waals surface area contributed by atoms with E-state index in [1.165, 1.54) is 5.56 Å². The van der Waals surface area contributed by atoms with Gasteiger partial charge in [-0.1, -0.05) is 267 Å². The molecule has 8 aliphatic rings. The standard InChI is InChI=1S/C36H25N2OP.3C30H21N2OP/c1-24-20-28(23-37-22-24)26-16-14-25(15-17-26)27-18-19-34-32(21-27)31-10-4-7-13-36(31)40(39)35-12-6-3-9-30(35)29-8-2-5-11-33(29)38(34)40;1-20-16-22(19-31-18-20)21-14-15-28-26(17-21)25-10-4-7-13-30(25)34(33)29-12-6-3-9-24(29)23-8-2-5-11-27(23)32(28)34;1-20-18-22(16-17-31-20)21-14-15-28-26(19-21)25-10-4-7-13-30(25)34(33)29-12-6-3-9-24(29)23-8-2-5-11-27(23)32(28)34;1-20-16-17-31-19-26(20)21-14-15-28-25(18-21)24-10-4-7-13-30(24)34(33)29-12-6-3-9-23(29)22-8-2-5-11-27(22)32(28)34/h2-23H,1H3;3*2-19H,1H3. The van der Waals surface area contributed by atoms with E-state index in [1.54, 1.807) is 0 Å². The number of aryl methyl sites for hydroxylation is 4. The summed E-state index contributed by atoms with van der Waals surface area (Å²) in [5, 5.41) is 7.18. The van der Waals surface area contributed by atoms with Gasteiger partial charge in [0.2, 0.25) is 29.2 Å². The summed E-state index contributed by atoms with van der Waals surface area (Å²) in [7, 11) is -12.6. The fraction of sp³-hybridized carbons (Fsp3) is 0.0317. The van der Waals surface area contributed by atoms with Crippen LogP contribution in [0.5, 0.6) is 0 Å². The van der Waals surface area contributed by atoms with Crippen LogP contribution in [0.3, 0.4) is 0 Å². The van der Waals surface area contributed by atoms with Crippen molar-refractivity contribution in [1.29, 1.82) is 0 Å². The average molecular weight is 1900 g/mol. The van der Waals surface area contributed by atoms with Crippen LogP contribution in [0.15, 0.2) is 462 Å². The van der Waals surface area contributed by atoms with Crippen LogP contribution >= 0.6 is 29.2 Å². The summed E-state index contributed by atoms with van der Waals surface area (Å²) >= 11 is 0. The first-order valence-electron chi connectivity index (χ1n) is 47.8. The summed E-state index contributed by atoms with van der Waals surface area (Å²) < 4.78 is 69.8. The number of rotatable bonds is 5. The second kappa shape index (κ2) is 33.6. The summed E-state index contributed by atoms with van der Waals surface area (Å²) in [6, 6.07) is 144. The predicted octanol–water partition coefficient (Wildman–Crippen LogP) is 30.0. The van der Waals surface area contributed by atoms with Crippen LogP contribution < -0.4 is 61.1 Å². The minimum Gasteiger partial charge on any atom is -0.289 e. The molecule has 0 bridgehead atoms. The van der Waals surface area contributed by atoms with E-state index in [-0.39, 0.29) is 0 Å². The van der Waals surface area contributed by atoms with Crippen molar-refractivity contribution >= 4 is 117 Å². The molecule has 0 saturated carbocycles. The van der Waals surface area contributed by atoms with Crippen molar-refractivity contribution in [3.8, 4) is 145 Å². The van der Waals surface area contributed by atoms with Crippen molar-refractivity contribution in [2.75, 3.05) is 18.7 Å². The Morgan fingerprint density at radius 2 is 0.415 bits per heavy atom. The highest BCUT2D eigenvalue weighted by molar-refractivity contribution is 7.82. The van der Waals surface area contributed by atoms with Gasteiger partial charge in [0, 0.05) is 153 Å². The van der Waals surface area contributed by atoms with Crippen molar-refractivity contribution in [2.45, 2.75) is 27.7 Å². The van der Waals surface area contributed by atoms with Crippen molar-refractivity contribution in [1.82, 2.24) is 19.9 Å². The van der Waals surface area contributed by atoms with Crippen molar-refractivity contribution in [3.63, 3.8) is 0 Å². The van der Waals surface area contributed by atoms with Crippen LogP contribution in [-0.4, -0.2) is 19.9 Å². The molecule has 0 spiro atoms. The summed E-state index contributed by atoms with van der Waals surface area (Å²) in [5.41, 5.74) is 40.7. The van der Waals surface area contributed by atoms with E-state index in [0.29, 0.717) is 0 Å². The van der Waals surface area contributed by atoms with Crippen molar-refractivity contribution < 1.29 is 18.3 Å². The fourth-order valence-electron chi connectivity index (χ4n) is 22.6. The largest absolute Gasteiger partial charge is 0.289 e. The first kappa shape index (κ1) is 85.8. The van der Waals surface area contributed by atoms with E-state index in [1.807, 2.05) is 232 Å². The molecule has 142 heavy (non-hydrogen) atoms. The van der Waals surface area contributed by atoms with E-state index in [4.69, 9.17) is 0 Å². The maximum absolute atomic E-state index is 15.5. The number of aromatic nitrogens is 4. The van der Waals surface area contributed by atoms with Gasteiger partial charge in [-0.05, 0) is 279 Å². The molecular weight excluding hydrogens is 1810 g/mol. The Labute approximate surface area is 824 Å². The van der Waals surface area contributed by atoms with Crippen molar-refractivity contribution in [3.05, 3.63) is 484 Å². The molecule has 8 aliphatic heterocycles. The number of para-hydroxylation sites is 4. The van der Waals surface area contributed by atoms with Crippen LogP contribution in [0.1, 0.15) is 22.4 Å². The molecule has 0 amide bonds. The Bertz CT molecular complexity index is 8860. The maximum atomic E-state index is 15.5. The molecule has 21 aromatic rings. The van der Waals surface area contributed by atoms with Gasteiger partial charge in [-0.25, -0.2) is 0 Å². The fourth-order valence-corrected chi connectivity index (χ4v) is 35.7. The monoisotopic (exact) mass is 1900 g/mol. The lowest BCUT2D eigenvalue weighted by Gasteiger charge is -2.44. The van der Waals surface area contributed by atoms with Crippen LogP contribution in [0.4, 0.5) is 45.5 Å². The third-order valence-electron chi connectivity index (χ3n) is 28.9. The maximum Gasteiger partial charge on any atom is 0.235 e. The first-order valence-corrected chi connectivity index (χ1v) is 54.4. The normalized spacial score (nSPS) is 16.9. The lowest BCUT2D eigenvalue weighted by molar-refractivity contribution is 0.586. The van der Waals surface area contributed by atoms with Crippen molar-refractivity contribution in [2.24, 2.45) is 0 Å². The minimum absolute atomic E-state index is 0.892. The highest BCUT2D eigenvalue weighted by atomic mass is 31.2. The molecule has 17 aromatic carbocycles. The van der Waals surface area contributed by atoms with Crippen LogP contribution in [0, 0.1) is 27.7 Å². The second-order valence-electron chi connectivity index (χ2n) is 37.1. The molecule has 0 radical (unpaired) electrons. The van der Waals surface area contributed by atoms with Gasteiger partial charge in [-0.3, -0.25) is 56.9 Å². The topological polar surface area (TPSA) is 133 Å². The summed E-state index contributed by atoms with van der Waals surface area (Å²) in [6.45, 7) is 8.24. The number of pyridine rings is 4. The zero-order valence-electron chi connectivity index (χ0n) is 77.9. The summed E-state index contributed by atoms with van der Waals surface area (Å²) in [5.74, 6) is 0. The molecule has 12 heterocycles. The average Bonchev–Trinajstić information content (AvgIpc) is 0.699. The highest BCUT2D eigenvalue weighted by Gasteiger charge is 2.53. The molecule has 0 aliphatic carbocycles. The lowest BCUT2D eigenvalue weighted by atomic mass is 9.95. The minimum atomic E-state index is -3.17. The zero-order valence-corrected chi connectivity index (χ0v) is 81.5. The SMILES string of the molecule is Cc1cc(-c2ccc3c(c2)-c2ccccc2P2(=O)c4ccccc4-c4ccccc4N32)ccn1.Cc1ccncc1-c1ccc2c(c1)-c1ccccc1P1(=O)c3ccccc3-c3ccccc3N21.Cc1cncc(-c2ccc(-c3ccc4c(c3)-c3ccccc3P3(=O)c5ccccc5-c5ccccc5N43)cc2)c1.Cc1cncc(-c2ccc3c(c2)-c2ccccc2P2(=O)c4ccccc4-c4ccccc4N32)c1. The molecule has 0 N–H and O–H groups in total. The predicted molar refractivity (Wildman–Crippen MR) is 588 cm³/mol. The molecule has 4 unspecified atom stereocenters. The molecule has 4 atom stereocenters. The molecular formula is C126H88N8O4P4. The van der Waals surface area contributed by atoms with Gasteiger partial charge in [0.1, 0.15) is 0 Å². The molecule has 29 rings (SSSR count). The Hall–Kier alpha value is -16.5. The Kier molecular flexibility index (Phi) is 20.3. The van der Waals surface area contributed by atoms with Gasteiger partial charge in [0.05, 0.1) is 45.5 Å². The van der Waals surface area contributed by atoms with Crippen LogP contribution in [0.25, 0.3) is 145 Å². The molecule has 0 saturated heterocycles. The zero-order chi connectivity index (χ0) is 95.4. The van der Waals surface area contributed by atoms with E-state index in [0.717, 1.165) is 249 Å². The summed E-state index contributed by atoms with van der Waals surface area (Å²) in [6.07, 6.45) is 13.2. The Morgan fingerprint density at radius 3 is 0.725 bits per heavy atom. The molecule has 16 heteroatoms. The highest BCUT2D eigenvalue weighted by Crippen LogP contribution is 2.71. The number of fused-ring (bicyclic) bond motifs is 44. The van der Waals surface area contributed by atoms with E-state index < -0.39 is 29.2 Å². The smallest absolute Gasteiger partial charge is 0.235 e. The first-order chi connectivity index (χ1) is 69.6. The molecule has 0 fully saturated rings. The third kappa shape index (κ3) is 13.2. The molecule has 4 aromatic heterocycles. The number of hydrogen-bond acceptors (Lipinski definition) is 8. The Morgan fingerprint density at radius 1 is 0.176 bits per heavy atom. The molecule has 12 nitrogen and oxygen atoms in total. The Balaban J connectivity index is 0.0000000972. The van der Waals surface area contributed by atoms with Gasteiger partial charge in [-0.2, -0.15) is 0 Å². The molecule has 676 valence electrons. The van der Waals surface area contributed by atoms with Gasteiger partial charge in [0.25, 0.3) is 0 Å². The quantitative estimate of drug-likeness (QED) is 0.152. The number of benzene rings is 17. The third-order valence-corrected chi connectivity index (χ3v) is 41.3. The van der Waals surface area contributed by atoms with E-state index in [9.17, 15) is 0 Å². The van der Waals surface area contributed by atoms with Crippen LogP contribution in [-0.2, 0) is 18.3 Å².